The molecule has 2 heterocycles. The quantitative estimate of drug-likeness (QED) is 0.344. The van der Waals surface area contributed by atoms with Gasteiger partial charge in [0.1, 0.15) is 9.96 Å². The number of hydrogen-bond donors (Lipinski definition) is 3. The van der Waals surface area contributed by atoms with E-state index in [4.69, 9.17) is 9.47 Å². The molecule has 1 saturated carbocycles. The number of aliphatic hydroxyl groups is 1. The number of nitrogens with one attached hydrogen (secondary N) is 2. The Labute approximate surface area is 277 Å². The van der Waals surface area contributed by atoms with Gasteiger partial charge in [0, 0.05) is 44.4 Å². The summed E-state index contributed by atoms with van der Waals surface area (Å²) < 4.78 is 40.6. The lowest BCUT2D eigenvalue weighted by molar-refractivity contribution is -0.00832. The Balaban J connectivity index is 1.60. The monoisotopic (exact) mass is 678 g/mol. The van der Waals surface area contributed by atoms with Crippen molar-refractivity contribution in [2.24, 2.45) is 5.92 Å². The third kappa shape index (κ3) is 9.66. The van der Waals surface area contributed by atoms with Crippen molar-refractivity contribution in [3.8, 4) is 5.75 Å². The van der Waals surface area contributed by atoms with Crippen LogP contribution in [0.5, 0.6) is 5.75 Å². The van der Waals surface area contributed by atoms with Crippen LogP contribution in [0.4, 0.5) is 10.5 Å². The van der Waals surface area contributed by atoms with E-state index in [-0.39, 0.29) is 59.5 Å². The fourth-order valence-electron chi connectivity index (χ4n) is 5.98. The van der Waals surface area contributed by atoms with Crippen LogP contribution in [0.25, 0.3) is 0 Å². The minimum Gasteiger partial charge on any atom is -0.490 e. The van der Waals surface area contributed by atoms with E-state index in [0.717, 1.165) is 44.9 Å². The largest absolute Gasteiger partial charge is 0.490 e. The number of anilines is 1. The molecular formula is C33H50N4O7S2. The van der Waals surface area contributed by atoms with Crippen LogP contribution in [0.2, 0.25) is 0 Å². The molecule has 1 aliphatic carbocycles. The summed E-state index contributed by atoms with van der Waals surface area (Å²) in [6.07, 6.45) is 6.90. The minimum atomic E-state index is -3.70. The highest BCUT2D eigenvalue weighted by Gasteiger charge is 2.32. The lowest BCUT2D eigenvalue weighted by atomic mass is 9.96. The van der Waals surface area contributed by atoms with Gasteiger partial charge in [-0.05, 0) is 75.6 Å². The number of hydrogen-bond acceptors (Lipinski definition) is 8. The third-order valence-corrected chi connectivity index (χ3v) is 12.0. The maximum atomic E-state index is 14.3. The topological polar surface area (TPSA) is 138 Å². The molecule has 3 N–H and O–H groups in total. The molecule has 1 fully saturated rings. The van der Waals surface area contributed by atoms with Gasteiger partial charge in [0.2, 0.25) is 0 Å². The highest BCUT2D eigenvalue weighted by atomic mass is 32.2. The SMILES string of the molecule is C[C@H](CO)N1C[C@H](C)[C@@H](CN(C)S(=O)(=O)c2cccs2)OCCCC[C@H](C)Oc2ccc(NC(=O)NC3CCCCC3)cc2C1=O. The fraction of sp³-hybridized carbons (Fsp3) is 0.636. The summed E-state index contributed by atoms with van der Waals surface area (Å²) in [5.74, 6) is -0.236. The zero-order valence-electron chi connectivity index (χ0n) is 27.4. The first-order valence-electron chi connectivity index (χ1n) is 16.4. The van der Waals surface area contributed by atoms with Crippen LogP contribution < -0.4 is 15.4 Å². The molecule has 11 nitrogen and oxygen atoms in total. The number of ether oxygens (including phenoxy) is 2. The number of urea groups is 1. The number of carbonyl (C=O) groups excluding carboxylic acids is 2. The van der Waals surface area contributed by atoms with Crippen molar-refractivity contribution in [1.29, 1.82) is 0 Å². The molecular weight excluding hydrogens is 629 g/mol. The van der Waals surface area contributed by atoms with E-state index < -0.39 is 22.2 Å². The van der Waals surface area contributed by atoms with E-state index in [2.05, 4.69) is 10.6 Å². The molecule has 256 valence electrons. The molecule has 0 radical (unpaired) electrons. The molecule has 1 aromatic heterocycles. The molecule has 4 atom stereocenters. The van der Waals surface area contributed by atoms with E-state index in [9.17, 15) is 23.1 Å². The van der Waals surface area contributed by atoms with Crippen LogP contribution >= 0.6 is 11.3 Å². The number of fused-ring (bicyclic) bond motifs is 1. The predicted octanol–water partition coefficient (Wildman–Crippen LogP) is 5.32. The smallest absolute Gasteiger partial charge is 0.319 e. The van der Waals surface area contributed by atoms with Crippen molar-refractivity contribution in [1.82, 2.24) is 14.5 Å². The van der Waals surface area contributed by atoms with Crippen molar-refractivity contribution in [2.75, 3.05) is 38.7 Å². The zero-order valence-corrected chi connectivity index (χ0v) is 29.1. The lowest BCUT2D eigenvalue weighted by Crippen LogP contribution is -2.48. The van der Waals surface area contributed by atoms with Crippen molar-refractivity contribution < 1.29 is 32.6 Å². The Morgan fingerprint density at radius 3 is 2.57 bits per heavy atom. The number of aliphatic hydroxyl groups excluding tert-OH is 1. The van der Waals surface area contributed by atoms with Gasteiger partial charge >= 0.3 is 6.03 Å². The van der Waals surface area contributed by atoms with Crippen LogP contribution in [-0.2, 0) is 14.8 Å². The Morgan fingerprint density at radius 2 is 1.87 bits per heavy atom. The summed E-state index contributed by atoms with van der Waals surface area (Å²) >= 11 is 1.17. The lowest BCUT2D eigenvalue weighted by Gasteiger charge is -2.35. The maximum Gasteiger partial charge on any atom is 0.319 e. The number of nitrogens with zero attached hydrogens (tertiary/aromatic N) is 2. The average Bonchev–Trinajstić information content (AvgIpc) is 3.59. The van der Waals surface area contributed by atoms with Crippen molar-refractivity contribution in [3.63, 3.8) is 0 Å². The van der Waals surface area contributed by atoms with Crippen LogP contribution in [-0.4, -0.2) is 92.3 Å². The predicted molar refractivity (Wildman–Crippen MR) is 180 cm³/mol. The van der Waals surface area contributed by atoms with Gasteiger partial charge in [-0.2, -0.15) is 4.31 Å². The van der Waals surface area contributed by atoms with Gasteiger partial charge in [-0.3, -0.25) is 4.79 Å². The molecule has 3 amide bonds. The first-order chi connectivity index (χ1) is 22.0. The Bertz CT molecular complexity index is 1380. The normalized spacial score (nSPS) is 23.2. The maximum absolute atomic E-state index is 14.3. The molecule has 13 heteroatoms. The second-order valence-electron chi connectivity index (χ2n) is 12.7. The standard InChI is InChI=1S/C33H50N4O7S2/c1-23-20-37(24(2)22-38)32(39)28-19-27(35-33(40)34-26-12-6-5-7-13-26)15-16-29(28)44-25(3)11-8-9-17-43-30(23)21-36(4)46(41,42)31-14-10-18-45-31/h10,14-16,18-19,23-26,30,38H,5-9,11-13,17,20-22H2,1-4H3,(H2,34,35,40)/t23-,24+,25-,30+/m0/s1. The summed E-state index contributed by atoms with van der Waals surface area (Å²) in [4.78, 5) is 28.8. The second kappa shape index (κ2) is 16.9. The molecule has 0 unspecified atom stereocenters. The summed E-state index contributed by atoms with van der Waals surface area (Å²) in [5, 5.41) is 17.9. The van der Waals surface area contributed by atoms with E-state index in [1.807, 2.05) is 13.8 Å². The van der Waals surface area contributed by atoms with E-state index in [1.54, 1.807) is 54.6 Å². The van der Waals surface area contributed by atoms with Gasteiger partial charge in [0.05, 0.1) is 30.4 Å². The summed E-state index contributed by atoms with van der Waals surface area (Å²) in [6, 6.07) is 7.64. The molecule has 1 aliphatic heterocycles. The molecule has 46 heavy (non-hydrogen) atoms. The first kappa shape index (κ1) is 36.1. The van der Waals surface area contributed by atoms with Gasteiger partial charge < -0.3 is 30.1 Å². The van der Waals surface area contributed by atoms with Crippen LogP contribution in [0.3, 0.4) is 0 Å². The van der Waals surface area contributed by atoms with Gasteiger partial charge in [0.25, 0.3) is 15.9 Å². The fourth-order valence-corrected chi connectivity index (χ4v) is 8.36. The number of carbonyl (C=O) groups is 2. The number of amides is 3. The Morgan fingerprint density at radius 1 is 1.13 bits per heavy atom. The molecule has 0 saturated heterocycles. The highest BCUT2D eigenvalue weighted by Crippen LogP contribution is 2.29. The number of thiophene rings is 1. The van der Waals surface area contributed by atoms with Crippen molar-refractivity contribution in [3.05, 3.63) is 41.3 Å². The van der Waals surface area contributed by atoms with Crippen LogP contribution in [0.1, 0.15) is 82.5 Å². The molecule has 0 spiro atoms. The number of benzene rings is 1. The number of likely N-dealkylation sites (N-methyl/N-ethyl adjacent to an activating group) is 1. The van der Waals surface area contributed by atoms with E-state index in [0.29, 0.717) is 18.0 Å². The Kier molecular flexibility index (Phi) is 13.3. The van der Waals surface area contributed by atoms with E-state index in [1.165, 1.54) is 22.1 Å². The second-order valence-corrected chi connectivity index (χ2v) is 15.9. The van der Waals surface area contributed by atoms with Crippen molar-refractivity contribution in [2.45, 2.75) is 101 Å². The van der Waals surface area contributed by atoms with Crippen LogP contribution in [0.15, 0.2) is 39.9 Å². The van der Waals surface area contributed by atoms with Gasteiger partial charge in [-0.1, -0.05) is 32.3 Å². The number of rotatable bonds is 8. The summed E-state index contributed by atoms with van der Waals surface area (Å²) in [5.41, 5.74) is 0.741. The third-order valence-electron chi connectivity index (χ3n) is 8.85. The summed E-state index contributed by atoms with van der Waals surface area (Å²) in [7, 11) is -2.16. The molecule has 1 aromatic carbocycles. The highest BCUT2D eigenvalue weighted by molar-refractivity contribution is 7.91. The van der Waals surface area contributed by atoms with Gasteiger partial charge in [-0.15, -0.1) is 11.3 Å². The average molecular weight is 679 g/mol. The number of sulfonamides is 1. The summed E-state index contributed by atoms with van der Waals surface area (Å²) in [6.45, 7) is 6.12. The minimum absolute atomic E-state index is 0.108. The van der Waals surface area contributed by atoms with Crippen molar-refractivity contribution >= 4 is 39.0 Å². The Hall–Kier alpha value is -2.71. The molecule has 4 rings (SSSR count). The van der Waals surface area contributed by atoms with Crippen LogP contribution in [0, 0.1) is 5.92 Å². The first-order valence-corrected chi connectivity index (χ1v) is 18.7. The molecule has 2 aliphatic rings. The zero-order chi connectivity index (χ0) is 33.3. The van der Waals surface area contributed by atoms with E-state index >= 15 is 0 Å². The molecule has 2 aromatic rings. The van der Waals surface area contributed by atoms with Gasteiger partial charge in [-0.25, -0.2) is 13.2 Å². The van der Waals surface area contributed by atoms with Gasteiger partial charge in [0.15, 0.2) is 0 Å². The molecule has 0 bridgehead atoms.